The van der Waals surface area contributed by atoms with Crippen molar-refractivity contribution < 1.29 is 5.11 Å². The molecule has 0 amide bonds. The molecule has 1 atom stereocenters. The predicted octanol–water partition coefficient (Wildman–Crippen LogP) is 4.66. The van der Waals surface area contributed by atoms with Crippen molar-refractivity contribution in [2.75, 3.05) is 0 Å². The van der Waals surface area contributed by atoms with Gasteiger partial charge in [-0.15, -0.1) is 0 Å². The van der Waals surface area contributed by atoms with Crippen molar-refractivity contribution in [1.82, 2.24) is 0 Å². The largest absolute Gasteiger partial charge is 0.384 e. The van der Waals surface area contributed by atoms with Crippen LogP contribution in [0.1, 0.15) is 22.8 Å². The van der Waals surface area contributed by atoms with E-state index in [9.17, 15) is 5.11 Å². The van der Waals surface area contributed by atoms with Crippen LogP contribution in [0, 0.1) is 6.92 Å². The van der Waals surface area contributed by atoms with E-state index in [0.717, 1.165) is 25.6 Å². The number of benzene rings is 1. The van der Waals surface area contributed by atoms with E-state index in [1.807, 2.05) is 35.9 Å². The number of aliphatic hydroxyl groups is 1. The van der Waals surface area contributed by atoms with E-state index < -0.39 is 6.10 Å². The lowest BCUT2D eigenvalue weighted by atomic mass is 10.0. The smallest absolute Gasteiger partial charge is 0.106 e. The molecule has 16 heavy (non-hydrogen) atoms. The first kappa shape index (κ1) is 12.3. The summed E-state index contributed by atoms with van der Waals surface area (Å²) in [5.41, 5.74) is 2.96. The van der Waals surface area contributed by atoms with Crippen molar-refractivity contribution in [2.24, 2.45) is 0 Å². The molecule has 0 saturated heterocycles. The second-order valence-corrected chi connectivity index (χ2v) is 6.15. The zero-order valence-electron chi connectivity index (χ0n) is 8.58. The second-order valence-electron chi connectivity index (χ2n) is 3.64. The Morgan fingerprint density at radius 2 is 1.94 bits per heavy atom. The molecule has 1 nitrogen and oxygen atoms in total. The summed E-state index contributed by atoms with van der Waals surface area (Å²) in [7, 11) is 0. The van der Waals surface area contributed by atoms with Crippen molar-refractivity contribution in [3.05, 3.63) is 54.6 Å². The minimum atomic E-state index is -0.572. The Morgan fingerprint density at radius 1 is 1.19 bits per heavy atom. The molecular formula is C12H10Br2OS. The third kappa shape index (κ3) is 2.56. The zero-order chi connectivity index (χ0) is 11.7. The highest BCUT2D eigenvalue weighted by atomic mass is 79.9. The van der Waals surface area contributed by atoms with E-state index in [-0.39, 0.29) is 0 Å². The van der Waals surface area contributed by atoms with Crippen LogP contribution in [-0.2, 0) is 0 Å². The molecule has 0 bridgehead atoms. The van der Waals surface area contributed by atoms with Crippen LogP contribution >= 0.6 is 43.2 Å². The monoisotopic (exact) mass is 360 g/mol. The third-order valence-corrected chi connectivity index (χ3v) is 4.53. The third-order valence-electron chi connectivity index (χ3n) is 2.32. The average molecular weight is 362 g/mol. The standard InChI is InChI=1S/C12H10Br2OS/c1-7-2-8(4-9(13)3-7)12(15)10-5-16-6-11(10)14/h2-6,12,15H,1H3. The quantitative estimate of drug-likeness (QED) is 0.824. The molecule has 1 N–H and O–H groups in total. The average Bonchev–Trinajstić information content (AvgIpc) is 2.62. The highest BCUT2D eigenvalue weighted by Crippen LogP contribution is 2.32. The Kier molecular flexibility index (Phi) is 3.85. The Hall–Kier alpha value is -0.160. The van der Waals surface area contributed by atoms with Gasteiger partial charge in [-0.3, -0.25) is 0 Å². The summed E-state index contributed by atoms with van der Waals surface area (Å²) in [6, 6.07) is 5.97. The van der Waals surface area contributed by atoms with Crippen molar-refractivity contribution in [3.8, 4) is 0 Å². The lowest BCUT2D eigenvalue weighted by Crippen LogP contribution is -1.99. The molecule has 0 spiro atoms. The van der Waals surface area contributed by atoms with Crippen LogP contribution < -0.4 is 0 Å². The number of rotatable bonds is 2. The summed E-state index contributed by atoms with van der Waals surface area (Å²) in [6.45, 7) is 2.02. The molecule has 0 radical (unpaired) electrons. The number of hydrogen-bond donors (Lipinski definition) is 1. The molecule has 0 fully saturated rings. The molecule has 1 aromatic carbocycles. The van der Waals surface area contributed by atoms with Gasteiger partial charge < -0.3 is 5.11 Å². The van der Waals surface area contributed by atoms with Crippen molar-refractivity contribution in [3.63, 3.8) is 0 Å². The molecule has 0 saturated carbocycles. The van der Waals surface area contributed by atoms with Gasteiger partial charge >= 0.3 is 0 Å². The van der Waals surface area contributed by atoms with Crippen LogP contribution in [0.15, 0.2) is 37.9 Å². The fourth-order valence-corrected chi connectivity index (χ4v) is 3.75. The molecule has 4 heteroatoms. The summed E-state index contributed by atoms with van der Waals surface area (Å²) in [5.74, 6) is 0. The second kappa shape index (κ2) is 5.00. The van der Waals surface area contributed by atoms with Crippen molar-refractivity contribution >= 4 is 43.2 Å². The minimum Gasteiger partial charge on any atom is -0.384 e. The lowest BCUT2D eigenvalue weighted by Gasteiger charge is -2.11. The molecule has 0 aliphatic heterocycles. The molecule has 1 aromatic heterocycles. The van der Waals surface area contributed by atoms with E-state index in [4.69, 9.17) is 0 Å². The molecular weight excluding hydrogens is 352 g/mol. The molecule has 2 aromatic rings. The van der Waals surface area contributed by atoms with E-state index in [0.29, 0.717) is 0 Å². The lowest BCUT2D eigenvalue weighted by molar-refractivity contribution is 0.220. The first-order valence-corrected chi connectivity index (χ1v) is 7.27. The maximum atomic E-state index is 10.3. The van der Waals surface area contributed by atoms with Crippen LogP contribution in [0.3, 0.4) is 0 Å². The Morgan fingerprint density at radius 3 is 2.50 bits per heavy atom. The maximum absolute atomic E-state index is 10.3. The Balaban J connectivity index is 2.41. The number of thiophene rings is 1. The minimum absolute atomic E-state index is 0.572. The number of hydrogen-bond acceptors (Lipinski definition) is 2. The van der Waals surface area contributed by atoms with Crippen LogP contribution in [0.25, 0.3) is 0 Å². The number of halogens is 2. The highest BCUT2D eigenvalue weighted by molar-refractivity contribution is 9.10. The number of aliphatic hydroxyl groups excluding tert-OH is 1. The van der Waals surface area contributed by atoms with Gasteiger partial charge in [0.2, 0.25) is 0 Å². The highest BCUT2D eigenvalue weighted by Gasteiger charge is 2.15. The van der Waals surface area contributed by atoms with E-state index >= 15 is 0 Å². The van der Waals surface area contributed by atoms with Crippen LogP contribution in [-0.4, -0.2) is 5.11 Å². The molecule has 1 heterocycles. The van der Waals surface area contributed by atoms with Crippen molar-refractivity contribution in [1.29, 1.82) is 0 Å². The molecule has 0 aliphatic carbocycles. The number of aryl methyl sites for hydroxylation is 1. The summed E-state index contributed by atoms with van der Waals surface area (Å²) in [5, 5.41) is 14.2. The summed E-state index contributed by atoms with van der Waals surface area (Å²) in [4.78, 5) is 0. The van der Waals surface area contributed by atoms with Gasteiger partial charge in [-0.2, -0.15) is 11.3 Å². The molecule has 1 unspecified atom stereocenters. The van der Waals surface area contributed by atoms with Gasteiger partial charge in [0.05, 0.1) is 0 Å². The zero-order valence-corrected chi connectivity index (χ0v) is 12.6. The molecule has 84 valence electrons. The van der Waals surface area contributed by atoms with Gasteiger partial charge in [0.1, 0.15) is 6.10 Å². The topological polar surface area (TPSA) is 20.2 Å². The van der Waals surface area contributed by atoms with Gasteiger partial charge in [0.25, 0.3) is 0 Å². The normalized spacial score (nSPS) is 12.8. The summed E-state index contributed by atoms with van der Waals surface area (Å²) in [6.07, 6.45) is -0.572. The predicted molar refractivity (Wildman–Crippen MR) is 75.0 cm³/mol. The first-order chi connectivity index (χ1) is 7.58. The van der Waals surface area contributed by atoms with Gasteiger partial charge in [0, 0.05) is 19.9 Å². The van der Waals surface area contributed by atoms with Gasteiger partial charge in [-0.05, 0) is 51.5 Å². The van der Waals surface area contributed by atoms with Crippen LogP contribution in [0.2, 0.25) is 0 Å². The fourth-order valence-electron chi connectivity index (χ4n) is 1.59. The molecule has 2 rings (SSSR count). The Labute approximate surface area is 115 Å². The van der Waals surface area contributed by atoms with E-state index in [1.165, 1.54) is 0 Å². The maximum Gasteiger partial charge on any atom is 0.106 e. The van der Waals surface area contributed by atoms with E-state index in [2.05, 4.69) is 31.9 Å². The fraction of sp³-hybridized carbons (Fsp3) is 0.167. The SMILES string of the molecule is Cc1cc(Br)cc(C(O)c2cscc2Br)c1. The van der Waals surface area contributed by atoms with Gasteiger partial charge in [-0.25, -0.2) is 0 Å². The first-order valence-electron chi connectivity index (χ1n) is 4.74. The van der Waals surface area contributed by atoms with Gasteiger partial charge in [-0.1, -0.05) is 22.0 Å². The van der Waals surface area contributed by atoms with Crippen LogP contribution in [0.4, 0.5) is 0 Å². The van der Waals surface area contributed by atoms with Crippen molar-refractivity contribution in [2.45, 2.75) is 13.0 Å². The van der Waals surface area contributed by atoms with Gasteiger partial charge in [0.15, 0.2) is 0 Å². The Bertz CT molecular complexity index is 487. The van der Waals surface area contributed by atoms with Crippen LogP contribution in [0.5, 0.6) is 0 Å². The summed E-state index contributed by atoms with van der Waals surface area (Å²) >= 11 is 8.46. The summed E-state index contributed by atoms with van der Waals surface area (Å²) < 4.78 is 1.95. The van der Waals surface area contributed by atoms with E-state index in [1.54, 1.807) is 11.3 Å². The molecule has 0 aliphatic rings.